The number of piperidine rings is 1. The Bertz CT molecular complexity index is 243. The second-order valence-corrected chi connectivity index (χ2v) is 6.78. The predicted octanol–water partition coefficient (Wildman–Crippen LogP) is 2.54. The first kappa shape index (κ1) is 15.3. The van der Waals surface area contributed by atoms with Gasteiger partial charge in [-0.05, 0) is 45.7 Å². The second-order valence-electron chi connectivity index (χ2n) is 6.78. The molecule has 2 N–H and O–H groups in total. The maximum Gasteiger partial charge on any atom is 0.0771 e. The molecule has 112 valence electrons. The van der Waals surface area contributed by atoms with Gasteiger partial charge in [-0.2, -0.15) is 0 Å². The summed E-state index contributed by atoms with van der Waals surface area (Å²) in [4.78, 5) is 2.57. The Balaban J connectivity index is 1.68. The van der Waals surface area contributed by atoms with Crippen molar-refractivity contribution in [2.24, 2.45) is 0 Å². The second kappa shape index (κ2) is 7.61. The molecule has 2 fully saturated rings. The van der Waals surface area contributed by atoms with E-state index in [9.17, 15) is 5.11 Å². The van der Waals surface area contributed by atoms with Crippen molar-refractivity contribution in [2.75, 3.05) is 26.2 Å². The highest BCUT2D eigenvalue weighted by Gasteiger charge is 2.28. The molecule has 3 heteroatoms. The Morgan fingerprint density at radius 3 is 2.21 bits per heavy atom. The van der Waals surface area contributed by atoms with Gasteiger partial charge in [-0.1, -0.05) is 32.1 Å². The zero-order valence-corrected chi connectivity index (χ0v) is 12.7. The van der Waals surface area contributed by atoms with Gasteiger partial charge in [0.2, 0.25) is 0 Å². The molecule has 2 aliphatic rings. The number of nitrogens with one attached hydrogen (secondary N) is 1. The Labute approximate surface area is 118 Å². The molecule has 1 unspecified atom stereocenters. The summed E-state index contributed by atoms with van der Waals surface area (Å²) in [6.45, 7) is 6.69. The number of hydrogen-bond donors (Lipinski definition) is 2. The molecule has 1 aliphatic heterocycles. The van der Waals surface area contributed by atoms with Gasteiger partial charge in [-0.3, -0.25) is 0 Å². The van der Waals surface area contributed by atoms with Crippen molar-refractivity contribution >= 4 is 0 Å². The minimum absolute atomic E-state index is 0.438. The van der Waals surface area contributed by atoms with Crippen molar-refractivity contribution in [3.63, 3.8) is 0 Å². The van der Waals surface area contributed by atoms with E-state index in [1.807, 2.05) is 0 Å². The van der Waals surface area contributed by atoms with Crippen LogP contribution in [0.3, 0.4) is 0 Å². The predicted molar refractivity (Wildman–Crippen MR) is 80.4 cm³/mol. The molecule has 19 heavy (non-hydrogen) atoms. The van der Waals surface area contributed by atoms with Crippen LogP contribution < -0.4 is 5.32 Å². The fourth-order valence-electron chi connectivity index (χ4n) is 3.52. The first-order chi connectivity index (χ1) is 9.18. The van der Waals surface area contributed by atoms with Gasteiger partial charge < -0.3 is 15.3 Å². The summed E-state index contributed by atoms with van der Waals surface area (Å²) < 4.78 is 0. The normalized spacial score (nSPS) is 26.8. The van der Waals surface area contributed by atoms with Gasteiger partial charge in [0.05, 0.1) is 5.60 Å². The highest BCUT2D eigenvalue weighted by Crippen LogP contribution is 2.26. The molecule has 1 saturated heterocycles. The topological polar surface area (TPSA) is 35.5 Å². The molecule has 0 aromatic heterocycles. The quantitative estimate of drug-likeness (QED) is 0.752. The molecular formula is C16H32N2O. The van der Waals surface area contributed by atoms with Crippen LogP contribution in [0, 0.1) is 0 Å². The number of aliphatic hydroxyl groups is 1. The lowest BCUT2D eigenvalue weighted by molar-refractivity contribution is 0.0219. The Morgan fingerprint density at radius 2 is 1.58 bits per heavy atom. The third-order valence-electron chi connectivity index (χ3n) is 4.79. The van der Waals surface area contributed by atoms with Gasteiger partial charge >= 0.3 is 0 Å². The SMILES string of the molecule is CC(CN1CCCCC1)NCC1(O)CCCCCC1. The van der Waals surface area contributed by atoms with Crippen LogP contribution in [0.15, 0.2) is 0 Å². The van der Waals surface area contributed by atoms with E-state index in [1.165, 1.54) is 58.0 Å². The van der Waals surface area contributed by atoms with Crippen LogP contribution in [0.1, 0.15) is 64.7 Å². The molecule has 3 nitrogen and oxygen atoms in total. The maximum absolute atomic E-state index is 10.6. The average molecular weight is 268 g/mol. The lowest BCUT2D eigenvalue weighted by Crippen LogP contribution is -2.47. The van der Waals surface area contributed by atoms with Crippen molar-refractivity contribution < 1.29 is 5.11 Å². The van der Waals surface area contributed by atoms with E-state index in [-0.39, 0.29) is 0 Å². The zero-order chi connectivity index (χ0) is 13.6. The standard InChI is InChI=1S/C16H32N2O/c1-15(13-18-11-7-4-8-12-18)17-14-16(19)9-5-2-3-6-10-16/h15,17,19H,2-14H2,1H3. The highest BCUT2D eigenvalue weighted by molar-refractivity contribution is 4.84. The zero-order valence-electron chi connectivity index (χ0n) is 12.7. The van der Waals surface area contributed by atoms with Crippen LogP contribution in [-0.4, -0.2) is 47.8 Å². The van der Waals surface area contributed by atoms with Crippen LogP contribution in [0.25, 0.3) is 0 Å². The van der Waals surface area contributed by atoms with Gasteiger partial charge in [-0.25, -0.2) is 0 Å². The Kier molecular flexibility index (Phi) is 6.11. The van der Waals surface area contributed by atoms with E-state index in [2.05, 4.69) is 17.1 Å². The van der Waals surface area contributed by atoms with Gasteiger partial charge in [-0.15, -0.1) is 0 Å². The molecule has 0 radical (unpaired) electrons. The van der Waals surface area contributed by atoms with E-state index >= 15 is 0 Å². The van der Waals surface area contributed by atoms with E-state index in [0.717, 1.165) is 25.9 Å². The summed E-state index contributed by atoms with van der Waals surface area (Å²) in [5, 5.41) is 14.2. The maximum atomic E-state index is 10.6. The molecule has 2 rings (SSSR count). The molecule has 0 bridgehead atoms. The van der Waals surface area contributed by atoms with Crippen LogP contribution in [0.5, 0.6) is 0 Å². The third-order valence-corrected chi connectivity index (χ3v) is 4.79. The summed E-state index contributed by atoms with van der Waals surface area (Å²) in [6, 6.07) is 0.491. The molecule has 1 heterocycles. The van der Waals surface area contributed by atoms with E-state index in [4.69, 9.17) is 0 Å². The van der Waals surface area contributed by atoms with Crippen LogP contribution >= 0.6 is 0 Å². The summed E-state index contributed by atoms with van der Waals surface area (Å²) in [7, 11) is 0. The smallest absolute Gasteiger partial charge is 0.0771 e. The number of nitrogens with zero attached hydrogens (tertiary/aromatic N) is 1. The summed E-state index contributed by atoms with van der Waals surface area (Å²) in [6.07, 6.45) is 11.1. The molecular weight excluding hydrogens is 236 g/mol. The molecule has 0 amide bonds. The fourth-order valence-corrected chi connectivity index (χ4v) is 3.52. The van der Waals surface area contributed by atoms with Crippen LogP contribution in [-0.2, 0) is 0 Å². The van der Waals surface area contributed by atoms with Gasteiger partial charge in [0, 0.05) is 19.1 Å². The molecule has 0 aromatic carbocycles. The first-order valence-electron chi connectivity index (χ1n) is 8.36. The van der Waals surface area contributed by atoms with Gasteiger partial charge in [0.1, 0.15) is 0 Å². The Morgan fingerprint density at radius 1 is 1.00 bits per heavy atom. The lowest BCUT2D eigenvalue weighted by atomic mass is 9.94. The molecule has 1 saturated carbocycles. The number of hydrogen-bond acceptors (Lipinski definition) is 3. The number of rotatable bonds is 5. The summed E-state index contributed by atoms with van der Waals surface area (Å²) in [5.74, 6) is 0. The van der Waals surface area contributed by atoms with Crippen molar-refractivity contribution in [2.45, 2.75) is 76.4 Å². The molecule has 1 atom stereocenters. The van der Waals surface area contributed by atoms with Gasteiger partial charge in [0.25, 0.3) is 0 Å². The van der Waals surface area contributed by atoms with Gasteiger partial charge in [0.15, 0.2) is 0 Å². The minimum Gasteiger partial charge on any atom is -0.389 e. The highest BCUT2D eigenvalue weighted by atomic mass is 16.3. The van der Waals surface area contributed by atoms with Crippen LogP contribution in [0.2, 0.25) is 0 Å². The van der Waals surface area contributed by atoms with Crippen molar-refractivity contribution in [3.05, 3.63) is 0 Å². The lowest BCUT2D eigenvalue weighted by Gasteiger charge is -2.32. The minimum atomic E-state index is -0.438. The number of likely N-dealkylation sites (tertiary alicyclic amines) is 1. The third kappa shape index (κ3) is 5.41. The molecule has 0 spiro atoms. The molecule has 0 aromatic rings. The monoisotopic (exact) mass is 268 g/mol. The van der Waals surface area contributed by atoms with Crippen molar-refractivity contribution in [3.8, 4) is 0 Å². The van der Waals surface area contributed by atoms with E-state index in [0.29, 0.717) is 6.04 Å². The average Bonchev–Trinajstić information content (AvgIpc) is 2.63. The first-order valence-corrected chi connectivity index (χ1v) is 8.36. The molecule has 1 aliphatic carbocycles. The largest absolute Gasteiger partial charge is 0.389 e. The van der Waals surface area contributed by atoms with Crippen molar-refractivity contribution in [1.82, 2.24) is 10.2 Å². The summed E-state index contributed by atoms with van der Waals surface area (Å²) >= 11 is 0. The van der Waals surface area contributed by atoms with E-state index in [1.54, 1.807) is 0 Å². The van der Waals surface area contributed by atoms with E-state index < -0.39 is 5.60 Å². The fraction of sp³-hybridized carbons (Fsp3) is 1.00. The summed E-state index contributed by atoms with van der Waals surface area (Å²) in [5.41, 5.74) is -0.438. The Hall–Kier alpha value is -0.120. The van der Waals surface area contributed by atoms with Crippen molar-refractivity contribution in [1.29, 1.82) is 0 Å². The van der Waals surface area contributed by atoms with Crippen LogP contribution in [0.4, 0.5) is 0 Å².